The number of aliphatic hydroxyl groups is 2. The first-order chi connectivity index (χ1) is 12.7. The Morgan fingerprint density at radius 3 is 2.15 bits per heavy atom. The Morgan fingerprint density at radius 2 is 1.54 bits per heavy atom. The fraction of sp³-hybridized carbons (Fsp3) is 0.250. The van der Waals surface area contributed by atoms with Crippen LogP contribution in [0.1, 0.15) is 10.4 Å². The number of anilines is 1. The number of rotatable bonds is 8. The van der Waals surface area contributed by atoms with E-state index < -0.39 is 0 Å². The van der Waals surface area contributed by atoms with Gasteiger partial charge < -0.3 is 20.2 Å². The van der Waals surface area contributed by atoms with Crippen LogP contribution in [0.5, 0.6) is 5.75 Å². The number of phenolic OH excluding ortho intramolecular Hbond substituents is 1. The van der Waals surface area contributed by atoms with E-state index in [0.29, 0.717) is 13.1 Å². The Bertz CT molecular complexity index is 813. The van der Waals surface area contributed by atoms with Gasteiger partial charge in [-0.1, -0.05) is 30.3 Å². The van der Waals surface area contributed by atoms with Crippen LogP contribution in [0.2, 0.25) is 0 Å². The van der Waals surface area contributed by atoms with Crippen LogP contribution < -0.4 is 4.90 Å². The molecular formula is C20H22N2O3S. The summed E-state index contributed by atoms with van der Waals surface area (Å²) in [5.74, 6) is 0.219. The molecule has 1 aromatic heterocycles. The van der Waals surface area contributed by atoms with Crippen molar-refractivity contribution in [2.75, 3.05) is 31.2 Å². The largest absolute Gasteiger partial charge is 0.508 e. The van der Waals surface area contributed by atoms with Crippen LogP contribution in [-0.2, 0) is 6.42 Å². The van der Waals surface area contributed by atoms with Crippen LogP contribution in [0.3, 0.4) is 0 Å². The summed E-state index contributed by atoms with van der Waals surface area (Å²) in [6.07, 6.45) is 0.751. The molecule has 136 valence electrons. The van der Waals surface area contributed by atoms with Gasteiger partial charge in [-0.25, -0.2) is 4.98 Å². The average Bonchev–Trinajstić information content (AvgIpc) is 3.07. The van der Waals surface area contributed by atoms with Crippen molar-refractivity contribution in [3.8, 4) is 17.0 Å². The van der Waals surface area contributed by atoms with E-state index >= 15 is 0 Å². The third-order valence-electron chi connectivity index (χ3n) is 4.04. The smallest absolute Gasteiger partial charge is 0.186 e. The Kier molecular flexibility index (Phi) is 6.22. The third-order valence-corrected chi connectivity index (χ3v) is 5.16. The molecule has 3 rings (SSSR count). The number of aliphatic hydroxyl groups excluding tert-OH is 2. The summed E-state index contributed by atoms with van der Waals surface area (Å²) in [5.41, 5.74) is 3.00. The van der Waals surface area contributed by atoms with E-state index in [0.717, 1.165) is 27.7 Å². The Morgan fingerprint density at radius 1 is 0.885 bits per heavy atom. The minimum Gasteiger partial charge on any atom is -0.508 e. The molecule has 0 amide bonds. The topological polar surface area (TPSA) is 76.8 Å². The molecule has 0 fully saturated rings. The van der Waals surface area contributed by atoms with Gasteiger partial charge in [-0.2, -0.15) is 0 Å². The molecule has 1 heterocycles. The van der Waals surface area contributed by atoms with E-state index in [-0.39, 0.29) is 19.0 Å². The van der Waals surface area contributed by atoms with Crippen molar-refractivity contribution in [3.05, 3.63) is 65.0 Å². The monoisotopic (exact) mass is 370 g/mol. The fourth-order valence-electron chi connectivity index (χ4n) is 2.77. The molecule has 0 saturated carbocycles. The predicted octanol–water partition coefficient (Wildman–Crippen LogP) is 2.90. The highest BCUT2D eigenvalue weighted by Crippen LogP contribution is 2.35. The molecule has 2 aromatic carbocycles. The zero-order valence-corrected chi connectivity index (χ0v) is 15.2. The van der Waals surface area contributed by atoms with E-state index in [1.165, 1.54) is 5.56 Å². The van der Waals surface area contributed by atoms with Crippen LogP contribution in [0.4, 0.5) is 5.13 Å². The molecule has 0 radical (unpaired) electrons. The Labute approximate surface area is 156 Å². The molecule has 3 aromatic rings. The van der Waals surface area contributed by atoms with Gasteiger partial charge in [0.2, 0.25) is 0 Å². The molecule has 0 aliphatic rings. The molecule has 3 N–H and O–H groups in total. The van der Waals surface area contributed by atoms with Gasteiger partial charge in [-0.3, -0.25) is 0 Å². The molecular weight excluding hydrogens is 348 g/mol. The van der Waals surface area contributed by atoms with Gasteiger partial charge in [0.05, 0.1) is 18.9 Å². The summed E-state index contributed by atoms with van der Waals surface area (Å²) in [4.78, 5) is 7.79. The molecule has 0 saturated heterocycles. The molecule has 0 spiro atoms. The second kappa shape index (κ2) is 8.80. The number of hydrogen-bond donors (Lipinski definition) is 3. The predicted molar refractivity (Wildman–Crippen MR) is 105 cm³/mol. The molecule has 0 unspecified atom stereocenters. The molecule has 0 atom stereocenters. The van der Waals surface area contributed by atoms with Gasteiger partial charge in [0.25, 0.3) is 0 Å². The number of hydrogen-bond acceptors (Lipinski definition) is 6. The first-order valence-electron chi connectivity index (χ1n) is 8.51. The molecule has 0 aliphatic heterocycles. The Hall–Kier alpha value is -2.41. The maximum absolute atomic E-state index is 9.56. The molecule has 5 nitrogen and oxygen atoms in total. The quantitative estimate of drug-likeness (QED) is 0.568. The zero-order valence-electron chi connectivity index (χ0n) is 14.4. The summed E-state index contributed by atoms with van der Waals surface area (Å²) >= 11 is 1.57. The summed E-state index contributed by atoms with van der Waals surface area (Å²) in [6.45, 7) is 0.853. The lowest BCUT2D eigenvalue weighted by atomic mass is 10.1. The van der Waals surface area contributed by atoms with Gasteiger partial charge in [0, 0.05) is 30.0 Å². The highest BCUT2D eigenvalue weighted by Gasteiger charge is 2.17. The molecule has 0 aliphatic carbocycles. The van der Waals surface area contributed by atoms with Crippen molar-refractivity contribution < 1.29 is 15.3 Å². The lowest BCUT2D eigenvalue weighted by Crippen LogP contribution is -2.29. The number of aromatic hydroxyl groups is 1. The van der Waals surface area contributed by atoms with Gasteiger partial charge in [-0.15, -0.1) is 11.3 Å². The normalized spacial score (nSPS) is 10.8. The zero-order chi connectivity index (χ0) is 18.4. The number of nitrogens with zero attached hydrogens (tertiary/aromatic N) is 2. The lowest BCUT2D eigenvalue weighted by molar-refractivity contribution is 0.281. The Balaban J connectivity index is 2.00. The minimum absolute atomic E-state index is 0.00212. The second-order valence-corrected chi connectivity index (χ2v) is 6.97. The van der Waals surface area contributed by atoms with Gasteiger partial charge in [-0.05, 0) is 29.8 Å². The van der Waals surface area contributed by atoms with Crippen LogP contribution in [0.15, 0.2) is 54.6 Å². The van der Waals surface area contributed by atoms with Crippen molar-refractivity contribution in [2.24, 2.45) is 0 Å². The van der Waals surface area contributed by atoms with Crippen molar-refractivity contribution in [1.82, 2.24) is 4.98 Å². The van der Waals surface area contributed by atoms with Gasteiger partial charge in [0.1, 0.15) is 5.75 Å². The maximum atomic E-state index is 9.56. The van der Waals surface area contributed by atoms with Gasteiger partial charge in [0.15, 0.2) is 5.13 Å². The first-order valence-corrected chi connectivity index (χ1v) is 9.32. The van der Waals surface area contributed by atoms with Crippen molar-refractivity contribution in [2.45, 2.75) is 6.42 Å². The SMILES string of the molecule is OCCN(CCO)c1nc(-c2ccc(O)cc2)c(Cc2ccccc2)s1. The fourth-order valence-corrected chi connectivity index (χ4v) is 3.93. The van der Waals surface area contributed by atoms with Crippen molar-refractivity contribution in [1.29, 1.82) is 0 Å². The maximum Gasteiger partial charge on any atom is 0.186 e. The number of aromatic nitrogens is 1. The van der Waals surface area contributed by atoms with Crippen LogP contribution in [-0.4, -0.2) is 46.6 Å². The van der Waals surface area contributed by atoms with Gasteiger partial charge >= 0.3 is 0 Å². The summed E-state index contributed by atoms with van der Waals surface area (Å²) in [7, 11) is 0. The number of thiazole rings is 1. The molecule has 26 heavy (non-hydrogen) atoms. The van der Waals surface area contributed by atoms with E-state index in [4.69, 9.17) is 4.98 Å². The summed E-state index contributed by atoms with van der Waals surface area (Å²) in [6, 6.07) is 17.2. The standard InChI is InChI=1S/C20H22N2O3S/c23-12-10-22(11-13-24)20-21-19(16-6-8-17(25)9-7-16)18(26-20)14-15-4-2-1-3-5-15/h1-9,23-25H,10-14H2. The average molecular weight is 370 g/mol. The van der Waals surface area contributed by atoms with Crippen molar-refractivity contribution >= 4 is 16.5 Å². The number of benzene rings is 2. The van der Waals surface area contributed by atoms with E-state index in [1.807, 2.05) is 35.2 Å². The summed E-state index contributed by atoms with van der Waals surface area (Å²) in [5, 5.41) is 29.0. The molecule has 6 heteroatoms. The third kappa shape index (κ3) is 4.40. The van der Waals surface area contributed by atoms with Crippen LogP contribution >= 0.6 is 11.3 Å². The minimum atomic E-state index is 0.00212. The van der Waals surface area contributed by atoms with Crippen molar-refractivity contribution in [3.63, 3.8) is 0 Å². The highest BCUT2D eigenvalue weighted by atomic mass is 32.1. The van der Waals surface area contributed by atoms with E-state index in [9.17, 15) is 15.3 Å². The molecule has 0 bridgehead atoms. The second-order valence-electron chi connectivity index (χ2n) is 5.91. The highest BCUT2D eigenvalue weighted by molar-refractivity contribution is 7.16. The lowest BCUT2D eigenvalue weighted by Gasteiger charge is -2.19. The van der Waals surface area contributed by atoms with Crippen LogP contribution in [0.25, 0.3) is 11.3 Å². The summed E-state index contributed by atoms with van der Waals surface area (Å²) < 4.78 is 0. The number of phenols is 1. The first kappa shape index (κ1) is 18.4. The van der Waals surface area contributed by atoms with E-state index in [1.54, 1.807) is 23.5 Å². The van der Waals surface area contributed by atoms with Crippen LogP contribution in [0, 0.1) is 0 Å². The van der Waals surface area contributed by atoms with E-state index in [2.05, 4.69) is 12.1 Å².